The Kier molecular flexibility index (Phi) is 4.16. The molecule has 0 radical (unpaired) electrons. The van der Waals surface area contributed by atoms with Crippen LogP contribution in [0.1, 0.15) is 15.9 Å². The van der Waals surface area contributed by atoms with E-state index in [-0.39, 0.29) is 11.1 Å². The molecule has 0 fully saturated rings. The molecule has 2 aromatic rings. The number of amides is 1. The molecule has 0 aliphatic rings. The zero-order valence-electron chi connectivity index (χ0n) is 11.2. The predicted molar refractivity (Wildman–Crippen MR) is 76.3 cm³/mol. The number of benzene rings is 2. The lowest BCUT2D eigenvalue weighted by atomic mass is 9.99. The summed E-state index contributed by atoms with van der Waals surface area (Å²) in [6, 6.07) is 11.4. The minimum Gasteiger partial charge on any atom is -0.370 e. The molecule has 0 aliphatic heterocycles. The van der Waals surface area contributed by atoms with E-state index in [0.29, 0.717) is 5.56 Å². The molecule has 2 aromatic carbocycles. The van der Waals surface area contributed by atoms with Crippen molar-refractivity contribution in [3.05, 3.63) is 59.7 Å². The molecular formula is C15H12F3N3O. The summed E-state index contributed by atoms with van der Waals surface area (Å²) in [5.74, 6) is -1.50. The monoisotopic (exact) mass is 307 g/mol. The van der Waals surface area contributed by atoms with E-state index in [9.17, 15) is 18.0 Å². The van der Waals surface area contributed by atoms with Crippen LogP contribution >= 0.6 is 0 Å². The Morgan fingerprint density at radius 3 is 2.23 bits per heavy atom. The molecule has 0 bridgehead atoms. The smallest absolute Gasteiger partial charge is 0.370 e. The Bertz CT molecular complexity index is 712. The van der Waals surface area contributed by atoms with Crippen LogP contribution in [0, 0.1) is 5.41 Å². The Morgan fingerprint density at radius 2 is 1.68 bits per heavy atom. The SMILES string of the molecule is N=C(N)NC(=O)c1cc(-c2ccccc2)cc(C(F)(F)F)c1. The van der Waals surface area contributed by atoms with Crippen LogP contribution in [0.15, 0.2) is 48.5 Å². The van der Waals surface area contributed by atoms with E-state index >= 15 is 0 Å². The van der Waals surface area contributed by atoms with Crippen LogP contribution in [-0.2, 0) is 6.18 Å². The fourth-order valence-electron chi connectivity index (χ4n) is 1.91. The van der Waals surface area contributed by atoms with Crippen LogP contribution in [0.3, 0.4) is 0 Å². The second kappa shape index (κ2) is 5.88. The molecule has 0 aliphatic carbocycles. The number of alkyl halides is 3. The minimum absolute atomic E-state index is 0.219. The fourth-order valence-corrected chi connectivity index (χ4v) is 1.91. The van der Waals surface area contributed by atoms with E-state index in [4.69, 9.17) is 11.1 Å². The van der Waals surface area contributed by atoms with Gasteiger partial charge in [-0.15, -0.1) is 0 Å². The molecule has 0 aromatic heterocycles. The van der Waals surface area contributed by atoms with Crippen LogP contribution < -0.4 is 11.1 Å². The zero-order chi connectivity index (χ0) is 16.3. The van der Waals surface area contributed by atoms with E-state index in [1.54, 1.807) is 30.3 Å². The molecule has 4 nitrogen and oxygen atoms in total. The van der Waals surface area contributed by atoms with Gasteiger partial charge in [0.25, 0.3) is 5.91 Å². The third kappa shape index (κ3) is 3.63. The van der Waals surface area contributed by atoms with Crippen LogP contribution in [0.4, 0.5) is 13.2 Å². The Hall–Kier alpha value is -2.83. The first-order valence-electron chi connectivity index (χ1n) is 6.20. The highest BCUT2D eigenvalue weighted by molar-refractivity contribution is 6.05. The van der Waals surface area contributed by atoms with Crippen LogP contribution in [0.2, 0.25) is 0 Å². The molecule has 0 heterocycles. The van der Waals surface area contributed by atoms with Gasteiger partial charge in [0, 0.05) is 5.56 Å². The van der Waals surface area contributed by atoms with Crippen molar-refractivity contribution >= 4 is 11.9 Å². The first-order valence-corrected chi connectivity index (χ1v) is 6.20. The quantitative estimate of drug-likeness (QED) is 0.589. The van der Waals surface area contributed by atoms with Gasteiger partial charge in [-0.05, 0) is 29.3 Å². The van der Waals surface area contributed by atoms with Gasteiger partial charge in [0.1, 0.15) is 0 Å². The summed E-state index contributed by atoms with van der Waals surface area (Å²) in [5.41, 5.74) is 4.67. The number of halogens is 3. The lowest BCUT2D eigenvalue weighted by Crippen LogP contribution is -2.35. The number of hydrogen-bond donors (Lipinski definition) is 3. The van der Waals surface area contributed by atoms with Gasteiger partial charge >= 0.3 is 6.18 Å². The average molecular weight is 307 g/mol. The summed E-state index contributed by atoms with van der Waals surface area (Å²) in [7, 11) is 0. The van der Waals surface area contributed by atoms with Gasteiger partial charge < -0.3 is 5.73 Å². The molecule has 0 atom stereocenters. The molecule has 2 rings (SSSR count). The zero-order valence-corrected chi connectivity index (χ0v) is 11.2. The molecule has 0 saturated heterocycles. The largest absolute Gasteiger partial charge is 0.416 e. The summed E-state index contributed by atoms with van der Waals surface area (Å²) in [6.45, 7) is 0. The van der Waals surface area contributed by atoms with Crippen molar-refractivity contribution in [2.75, 3.05) is 0 Å². The molecule has 0 spiro atoms. The number of nitrogens with one attached hydrogen (secondary N) is 2. The average Bonchev–Trinajstić information content (AvgIpc) is 2.46. The highest BCUT2D eigenvalue weighted by Gasteiger charge is 2.32. The van der Waals surface area contributed by atoms with Gasteiger partial charge in [-0.25, -0.2) is 0 Å². The third-order valence-corrected chi connectivity index (χ3v) is 2.88. The maximum absolute atomic E-state index is 13.0. The van der Waals surface area contributed by atoms with Crippen molar-refractivity contribution in [1.29, 1.82) is 5.41 Å². The number of hydrogen-bond acceptors (Lipinski definition) is 2. The molecule has 0 unspecified atom stereocenters. The van der Waals surface area contributed by atoms with Crippen LogP contribution in [-0.4, -0.2) is 11.9 Å². The van der Waals surface area contributed by atoms with Crippen molar-refractivity contribution in [2.45, 2.75) is 6.18 Å². The highest BCUT2D eigenvalue weighted by Crippen LogP contribution is 2.33. The Morgan fingerprint density at radius 1 is 1.05 bits per heavy atom. The van der Waals surface area contributed by atoms with Crippen molar-refractivity contribution in [3.63, 3.8) is 0 Å². The van der Waals surface area contributed by atoms with E-state index in [2.05, 4.69) is 0 Å². The molecule has 7 heteroatoms. The second-order valence-electron chi connectivity index (χ2n) is 4.53. The highest BCUT2D eigenvalue weighted by atomic mass is 19.4. The first kappa shape index (κ1) is 15.6. The first-order chi connectivity index (χ1) is 10.3. The molecular weight excluding hydrogens is 295 g/mol. The van der Waals surface area contributed by atoms with Crippen LogP contribution in [0.25, 0.3) is 11.1 Å². The Balaban J connectivity index is 2.55. The number of carbonyl (C=O) groups excluding carboxylic acids is 1. The van der Waals surface area contributed by atoms with Gasteiger partial charge in [-0.1, -0.05) is 30.3 Å². The lowest BCUT2D eigenvalue weighted by molar-refractivity contribution is -0.137. The summed E-state index contributed by atoms with van der Waals surface area (Å²) >= 11 is 0. The van der Waals surface area contributed by atoms with Crippen molar-refractivity contribution in [2.24, 2.45) is 5.73 Å². The van der Waals surface area contributed by atoms with Crippen molar-refractivity contribution < 1.29 is 18.0 Å². The van der Waals surface area contributed by atoms with Gasteiger partial charge in [0.15, 0.2) is 5.96 Å². The predicted octanol–water partition coefficient (Wildman–Crippen LogP) is 3.00. The van der Waals surface area contributed by atoms with Crippen LogP contribution in [0.5, 0.6) is 0 Å². The number of nitrogens with two attached hydrogens (primary N) is 1. The van der Waals surface area contributed by atoms with E-state index in [1.807, 2.05) is 5.32 Å². The minimum atomic E-state index is -4.59. The van der Waals surface area contributed by atoms with E-state index in [0.717, 1.165) is 12.1 Å². The van der Waals surface area contributed by atoms with E-state index in [1.165, 1.54) is 6.07 Å². The summed E-state index contributed by atoms with van der Waals surface area (Å²) in [4.78, 5) is 11.8. The van der Waals surface area contributed by atoms with E-state index < -0.39 is 23.6 Å². The molecule has 1 amide bonds. The molecule has 0 saturated carbocycles. The maximum Gasteiger partial charge on any atom is 0.416 e. The normalized spacial score (nSPS) is 11.0. The topological polar surface area (TPSA) is 79.0 Å². The summed E-state index contributed by atoms with van der Waals surface area (Å²) in [5, 5.41) is 8.96. The third-order valence-electron chi connectivity index (χ3n) is 2.88. The Labute approximate surface area is 124 Å². The fraction of sp³-hybridized carbons (Fsp3) is 0.0667. The standard InChI is InChI=1S/C15H12F3N3O/c16-15(17,18)12-7-10(9-4-2-1-3-5-9)6-11(8-12)13(22)21-14(19)20/h1-8H,(H4,19,20,21,22). The summed E-state index contributed by atoms with van der Waals surface area (Å²) in [6.07, 6.45) is -4.59. The van der Waals surface area contributed by atoms with Gasteiger partial charge in [0.2, 0.25) is 0 Å². The second-order valence-corrected chi connectivity index (χ2v) is 4.53. The van der Waals surface area contributed by atoms with Gasteiger partial charge in [-0.3, -0.25) is 15.5 Å². The molecule has 22 heavy (non-hydrogen) atoms. The molecule has 4 N–H and O–H groups in total. The van der Waals surface area contributed by atoms with Gasteiger partial charge in [-0.2, -0.15) is 13.2 Å². The number of rotatable bonds is 2. The molecule has 114 valence electrons. The number of carbonyl (C=O) groups is 1. The van der Waals surface area contributed by atoms with Crippen molar-refractivity contribution in [1.82, 2.24) is 5.32 Å². The van der Waals surface area contributed by atoms with Gasteiger partial charge in [0.05, 0.1) is 5.56 Å². The number of guanidine groups is 1. The van der Waals surface area contributed by atoms with Crippen molar-refractivity contribution in [3.8, 4) is 11.1 Å². The lowest BCUT2D eigenvalue weighted by Gasteiger charge is -2.12. The maximum atomic E-state index is 13.0. The summed E-state index contributed by atoms with van der Waals surface area (Å²) < 4.78 is 39.0.